The lowest BCUT2D eigenvalue weighted by molar-refractivity contribution is -0.384. The Morgan fingerprint density at radius 1 is 1.45 bits per heavy atom. The molecule has 0 atom stereocenters. The van der Waals surface area contributed by atoms with Gasteiger partial charge in [-0.25, -0.2) is 4.68 Å². The summed E-state index contributed by atoms with van der Waals surface area (Å²) in [4.78, 5) is 10.6. The Kier molecular flexibility index (Phi) is 4.59. The minimum Gasteiger partial charge on any atom is -0.378 e. The molecule has 2 rings (SSSR count). The number of para-hydroxylation sites is 2. The monoisotopic (exact) mass is 315 g/mol. The van der Waals surface area contributed by atoms with E-state index >= 15 is 0 Å². The van der Waals surface area contributed by atoms with Crippen LogP contribution in [0.2, 0.25) is 5.15 Å². The first-order chi connectivity index (χ1) is 9.60. The molecule has 8 heteroatoms. The first kappa shape index (κ1) is 14.8. The van der Waals surface area contributed by atoms with Gasteiger partial charge in [0.1, 0.15) is 10.8 Å². The van der Waals surface area contributed by atoms with E-state index < -0.39 is 4.92 Å². The van der Waals surface area contributed by atoms with Gasteiger partial charge in [0, 0.05) is 18.7 Å². The zero-order chi connectivity index (χ0) is 14.7. The summed E-state index contributed by atoms with van der Waals surface area (Å²) in [6.45, 7) is 0.232. The highest BCUT2D eigenvalue weighted by molar-refractivity contribution is 6.31. The Balaban J connectivity index is 2.62. The molecule has 1 heterocycles. The van der Waals surface area contributed by atoms with Crippen LogP contribution in [0.25, 0.3) is 5.69 Å². The number of nitro groups is 1. The molecule has 0 fully saturated rings. The number of hydrogen-bond donors (Lipinski definition) is 0. The zero-order valence-electron chi connectivity index (χ0n) is 10.5. The molecule has 0 aliphatic heterocycles. The van der Waals surface area contributed by atoms with Gasteiger partial charge in [0.2, 0.25) is 0 Å². The van der Waals surface area contributed by atoms with Gasteiger partial charge in [-0.3, -0.25) is 10.1 Å². The molecule has 1 aromatic heterocycles. The molecule has 0 saturated heterocycles. The van der Waals surface area contributed by atoms with Crippen molar-refractivity contribution in [3.8, 4) is 5.69 Å². The molecule has 20 heavy (non-hydrogen) atoms. The van der Waals surface area contributed by atoms with E-state index in [4.69, 9.17) is 27.9 Å². The number of halogens is 2. The number of alkyl halides is 1. The normalized spacial score (nSPS) is 10.8. The lowest BCUT2D eigenvalue weighted by atomic mass is 10.2. The Morgan fingerprint density at radius 2 is 2.15 bits per heavy atom. The van der Waals surface area contributed by atoms with Crippen LogP contribution in [0.4, 0.5) is 5.69 Å². The van der Waals surface area contributed by atoms with Crippen molar-refractivity contribution >= 4 is 28.9 Å². The van der Waals surface area contributed by atoms with Gasteiger partial charge in [0.25, 0.3) is 5.69 Å². The number of rotatable bonds is 5. The molecule has 2 aromatic rings. The van der Waals surface area contributed by atoms with Crippen molar-refractivity contribution in [3.63, 3.8) is 0 Å². The fraction of sp³-hybridized carbons (Fsp3) is 0.250. The lowest BCUT2D eigenvalue weighted by Crippen LogP contribution is -2.02. The molecule has 0 aliphatic carbocycles. The molecule has 0 unspecified atom stereocenters. The van der Waals surface area contributed by atoms with Gasteiger partial charge in [-0.1, -0.05) is 23.7 Å². The highest BCUT2D eigenvalue weighted by Crippen LogP contribution is 2.30. The quantitative estimate of drug-likeness (QED) is 0.482. The van der Waals surface area contributed by atoms with Crippen molar-refractivity contribution in [1.82, 2.24) is 9.78 Å². The fourth-order valence-corrected chi connectivity index (χ4v) is 2.47. The second-order valence-corrected chi connectivity index (χ2v) is 4.57. The smallest absolute Gasteiger partial charge is 0.294 e. The molecule has 0 bridgehead atoms. The third-order valence-electron chi connectivity index (χ3n) is 2.73. The topological polar surface area (TPSA) is 70.2 Å². The Morgan fingerprint density at radius 3 is 2.75 bits per heavy atom. The molecule has 106 valence electrons. The predicted molar refractivity (Wildman–Crippen MR) is 75.5 cm³/mol. The predicted octanol–water partition coefficient (Wildman–Crippen LogP) is 3.32. The van der Waals surface area contributed by atoms with Gasteiger partial charge in [0.15, 0.2) is 0 Å². The summed E-state index contributed by atoms with van der Waals surface area (Å²) in [6, 6.07) is 6.23. The minimum atomic E-state index is -0.482. The van der Waals surface area contributed by atoms with Crippen molar-refractivity contribution in [3.05, 3.63) is 50.8 Å². The van der Waals surface area contributed by atoms with Gasteiger partial charge >= 0.3 is 0 Å². The number of aromatic nitrogens is 2. The first-order valence-corrected chi connectivity index (χ1v) is 6.56. The summed E-state index contributed by atoms with van der Waals surface area (Å²) in [7, 11) is 1.52. The van der Waals surface area contributed by atoms with E-state index in [0.717, 1.165) is 0 Å². The Hall–Kier alpha value is -1.63. The van der Waals surface area contributed by atoms with Crippen LogP contribution in [-0.2, 0) is 17.2 Å². The van der Waals surface area contributed by atoms with E-state index in [1.54, 1.807) is 18.2 Å². The highest BCUT2D eigenvalue weighted by atomic mass is 35.5. The van der Waals surface area contributed by atoms with Crippen LogP contribution >= 0.6 is 23.2 Å². The molecule has 0 radical (unpaired) electrons. The molecule has 0 N–H and O–H groups in total. The molecule has 6 nitrogen and oxygen atoms in total. The number of nitro benzene ring substituents is 1. The van der Waals surface area contributed by atoms with E-state index in [-0.39, 0.29) is 29.0 Å². The van der Waals surface area contributed by atoms with Crippen molar-refractivity contribution in [2.75, 3.05) is 7.11 Å². The minimum absolute atomic E-state index is 0.0815. The molecular formula is C12H11Cl2N3O3. The lowest BCUT2D eigenvalue weighted by Gasteiger charge is -2.04. The van der Waals surface area contributed by atoms with Crippen LogP contribution in [0.15, 0.2) is 24.3 Å². The van der Waals surface area contributed by atoms with Gasteiger partial charge < -0.3 is 4.74 Å². The van der Waals surface area contributed by atoms with E-state index in [9.17, 15) is 10.1 Å². The summed E-state index contributed by atoms with van der Waals surface area (Å²) < 4.78 is 6.34. The van der Waals surface area contributed by atoms with E-state index in [2.05, 4.69) is 5.10 Å². The first-order valence-electron chi connectivity index (χ1n) is 5.65. The van der Waals surface area contributed by atoms with Crippen LogP contribution in [0.1, 0.15) is 11.3 Å². The summed E-state index contributed by atoms with van der Waals surface area (Å²) in [5, 5.41) is 15.6. The third kappa shape index (κ3) is 2.63. The van der Waals surface area contributed by atoms with Crippen molar-refractivity contribution in [1.29, 1.82) is 0 Å². The van der Waals surface area contributed by atoms with Gasteiger partial charge in [0.05, 0.1) is 23.1 Å². The van der Waals surface area contributed by atoms with Crippen molar-refractivity contribution in [2.24, 2.45) is 0 Å². The second kappa shape index (κ2) is 6.21. The van der Waals surface area contributed by atoms with Gasteiger partial charge in [-0.2, -0.15) is 5.10 Å². The number of nitrogens with zero attached hydrogens (tertiary/aromatic N) is 3. The van der Waals surface area contributed by atoms with E-state index in [1.165, 1.54) is 17.9 Å². The fourth-order valence-electron chi connectivity index (χ4n) is 1.81. The number of methoxy groups -OCH3 is 1. The van der Waals surface area contributed by atoms with Crippen LogP contribution in [0.5, 0.6) is 0 Å². The third-order valence-corrected chi connectivity index (χ3v) is 3.38. The number of benzene rings is 1. The number of hydrogen-bond acceptors (Lipinski definition) is 4. The maximum atomic E-state index is 11.1. The maximum Gasteiger partial charge on any atom is 0.294 e. The highest BCUT2D eigenvalue weighted by Gasteiger charge is 2.21. The van der Waals surface area contributed by atoms with Crippen LogP contribution < -0.4 is 0 Å². The summed E-state index contributed by atoms with van der Waals surface area (Å²) in [5.41, 5.74) is 1.37. The second-order valence-electron chi connectivity index (χ2n) is 3.94. The zero-order valence-corrected chi connectivity index (χ0v) is 12.1. The summed E-state index contributed by atoms with van der Waals surface area (Å²) in [6.07, 6.45) is 0. The molecule has 0 aliphatic rings. The van der Waals surface area contributed by atoms with Crippen molar-refractivity contribution < 1.29 is 9.66 Å². The van der Waals surface area contributed by atoms with Crippen LogP contribution in [0, 0.1) is 10.1 Å². The Labute approximate surface area is 125 Å². The molecule has 0 saturated carbocycles. The van der Waals surface area contributed by atoms with Gasteiger partial charge in [-0.15, -0.1) is 11.6 Å². The SMILES string of the molecule is COCc1nn(-c2ccccc2[N+](=O)[O-])c(Cl)c1CCl. The summed E-state index contributed by atoms with van der Waals surface area (Å²) >= 11 is 12.1. The molecular weight excluding hydrogens is 305 g/mol. The number of ether oxygens (including phenoxy) is 1. The largest absolute Gasteiger partial charge is 0.378 e. The molecule has 0 spiro atoms. The molecule has 0 amide bonds. The Bertz CT molecular complexity index is 643. The van der Waals surface area contributed by atoms with E-state index in [0.29, 0.717) is 11.3 Å². The average molecular weight is 316 g/mol. The standard InChI is InChI=1S/C12H11Cl2N3O3/c1-20-7-9-8(6-13)12(14)16(15-9)10-4-2-3-5-11(10)17(18)19/h2-5H,6-7H2,1H3. The van der Waals surface area contributed by atoms with Gasteiger partial charge in [-0.05, 0) is 6.07 Å². The van der Waals surface area contributed by atoms with Crippen LogP contribution in [0.3, 0.4) is 0 Å². The molecule has 1 aromatic carbocycles. The van der Waals surface area contributed by atoms with E-state index in [1.807, 2.05) is 0 Å². The van der Waals surface area contributed by atoms with Crippen molar-refractivity contribution in [2.45, 2.75) is 12.5 Å². The average Bonchev–Trinajstić information content (AvgIpc) is 2.75. The maximum absolute atomic E-state index is 11.1. The summed E-state index contributed by atoms with van der Waals surface area (Å²) in [5.74, 6) is 0.151. The van der Waals surface area contributed by atoms with Crippen LogP contribution in [-0.4, -0.2) is 21.8 Å².